The quantitative estimate of drug-likeness (QED) is 0.577. The van der Waals surface area contributed by atoms with Crippen molar-refractivity contribution in [2.75, 3.05) is 20.1 Å². The van der Waals surface area contributed by atoms with Gasteiger partial charge < -0.3 is 14.8 Å². The first-order chi connectivity index (χ1) is 13.2. The number of benzene rings is 1. The molecular formula is C21H30Cl2N2O4. The molecule has 6 nitrogen and oxygen atoms in total. The molecule has 1 atom stereocenters. The first-order valence-corrected chi connectivity index (χ1v) is 10.2. The Bertz CT molecular complexity index is 762. The molecular weight excluding hydrogens is 415 g/mol. The molecule has 8 heteroatoms. The molecule has 1 rings (SSSR count). The Balaban J connectivity index is 3.72. The zero-order valence-corrected chi connectivity index (χ0v) is 19.3. The summed E-state index contributed by atoms with van der Waals surface area (Å²) in [7, 11) is 1.61. The van der Waals surface area contributed by atoms with E-state index in [1.165, 1.54) is 9.80 Å². The smallest absolute Gasteiger partial charge is 0.408 e. The van der Waals surface area contributed by atoms with Gasteiger partial charge >= 0.3 is 6.09 Å². The number of carbonyl (C=O) groups excluding carboxylic acids is 2. The van der Waals surface area contributed by atoms with Crippen LogP contribution in [0, 0.1) is 11.3 Å². The molecule has 0 heterocycles. The maximum Gasteiger partial charge on any atom is 0.408 e. The number of nitrogens with zero attached hydrogens (tertiary/aromatic N) is 2. The third-order valence-electron chi connectivity index (χ3n) is 4.63. The summed E-state index contributed by atoms with van der Waals surface area (Å²) < 4.78 is 0. The molecule has 29 heavy (non-hydrogen) atoms. The van der Waals surface area contributed by atoms with Crippen molar-refractivity contribution in [3.8, 4) is 0 Å². The zero-order valence-electron chi connectivity index (χ0n) is 17.8. The largest absolute Gasteiger partial charge is 0.465 e. The van der Waals surface area contributed by atoms with Crippen molar-refractivity contribution in [3.05, 3.63) is 33.8 Å². The Labute approximate surface area is 182 Å². The lowest BCUT2D eigenvalue weighted by atomic mass is 9.82. The Kier molecular flexibility index (Phi) is 8.54. The normalized spacial score (nSPS) is 13.7. The molecule has 0 saturated carbocycles. The minimum absolute atomic E-state index is 0.00307. The summed E-state index contributed by atoms with van der Waals surface area (Å²) >= 11 is 12.3. The van der Waals surface area contributed by atoms with E-state index in [4.69, 9.17) is 23.2 Å². The van der Waals surface area contributed by atoms with Gasteiger partial charge in [0.2, 0.25) is 5.91 Å². The summed E-state index contributed by atoms with van der Waals surface area (Å²) in [6, 6.07) is 4.80. The monoisotopic (exact) mass is 444 g/mol. The number of likely N-dealkylation sites (N-methyl/N-ethyl adjacent to an activating group) is 1. The molecule has 0 aliphatic heterocycles. The second-order valence-corrected chi connectivity index (χ2v) is 9.62. The highest BCUT2D eigenvalue weighted by Gasteiger charge is 2.45. The Morgan fingerprint density at radius 3 is 2.14 bits per heavy atom. The van der Waals surface area contributed by atoms with Crippen LogP contribution in [0.25, 0.3) is 0 Å². The summed E-state index contributed by atoms with van der Waals surface area (Å²) in [6.45, 7) is 9.42. The van der Waals surface area contributed by atoms with Gasteiger partial charge in [-0.3, -0.25) is 9.69 Å². The second kappa shape index (κ2) is 9.81. The first kappa shape index (κ1) is 25.2. The van der Waals surface area contributed by atoms with E-state index in [2.05, 4.69) is 0 Å². The van der Waals surface area contributed by atoms with Crippen LogP contribution in [0.15, 0.2) is 18.2 Å². The van der Waals surface area contributed by atoms with Crippen molar-refractivity contribution in [2.24, 2.45) is 11.3 Å². The van der Waals surface area contributed by atoms with Crippen LogP contribution in [0.4, 0.5) is 4.79 Å². The first-order valence-electron chi connectivity index (χ1n) is 9.40. The molecule has 1 aromatic carbocycles. The zero-order chi connectivity index (χ0) is 22.6. The van der Waals surface area contributed by atoms with Crippen LogP contribution in [0.1, 0.15) is 46.6 Å². The third-order valence-corrected chi connectivity index (χ3v) is 5.37. The van der Waals surface area contributed by atoms with Crippen molar-refractivity contribution >= 4 is 41.5 Å². The van der Waals surface area contributed by atoms with Gasteiger partial charge in [0.15, 0.2) is 0 Å². The van der Waals surface area contributed by atoms with E-state index in [1.54, 1.807) is 39.1 Å². The van der Waals surface area contributed by atoms with Gasteiger partial charge in [0, 0.05) is 32.5 Å². The number of carboxylic acid groups (broad SMARTS) is 1. The lowest BCUT2D eigenvalue weighted by molar-refractivity contribution is -0.135. The Hall–Kier alpha value is -1.79. The van der Waals surface area contributed by atoms with E-state index >= 15 is 0 Å². The molecule has 0 bridgehead atoms. The molecule has 1 unspecified atom stereocenters. The Morgan fingerprint density at radius 2 is 1.72 bits per heavy atom. The highest BCUT2D eigenvalue weighted by atomic mass is 35.5. The number of carbonyl (C=O) groups is 3. The lowest BCUT2D eigenvalue weighted by Gasteiger charge is -2.46. The maximum atomic E-state index is 12.6. The molecule has 0 aromatic heterocycles. The fourth-order valence-electron chi connectivity index (χ4n) is 3.34. The average molecular weight is 445 g/mol. The van der Waals surface area contributed by atoms with E-state index in [-0.39, 0.29) is 41.8 Å². The molecule has 1 aromatic rings. The number of halogens is 2. The van der Waals surface area contributed by atoms with Gasteiger partial charge in [-0.2, -0.15) is 0 Å². The SMILES string of the molecule is CC(C)C(=O)N(C)CC(CC=O)(c1ccc(Cl)c(Cl)c1)N(CC(C)(C)C)C(=O)O. The van der Waals surface area contributed by atoms with Crippen LogP contribution in [0.2, 0.25) is 10.0 Å². The molecule has 0 aliphatic carbocycles. The topological polar surface area (TPSA) is 77.9 Å². The summed E-state index contributed by atoms with van der Waals surface area (Å²) in [6.07, 6.45) is -0.643. The molecule has 162 valence electrons. The highest BCUT2D eigenvalue weighted by Crippen LogP contribution is 2.38. The van der Waals surface area contributed by atoms with Crippen LogP contribution < -0.4 is 0 Å². The van der Waals surface area contributed by atoms with Gasteiger partial charge in [-0.25, -0.2) is 4.79 Å². The van der Waals surface area contributed by atoms with E-state index in [0.29, 0.717) is 16.9 Å². The van der Waals surface area contributed by atoms with E-state index in [1.807, 2.05) is 20.8 Å². The standard InChI is InChI=1S/C21H30Cl2N2O4/c1-14(2)18(27)24(6)13-21(9-10-26,15-7-8-16(22)17(23)11-15)25(19(28)29)12-20(3,4)5/h7-8,10-11,14H,9,12-13H2,1-6H3,(H,28,29). The predicted molar refractivity (Wildman–Crippen MR) is 115 cm³/mol. The van der Waals surface area contributed by atoms with Crippen LogP contribution >= 0.6 is 23.2 Å². The van der Waals surface area contributed by atoms with Gasteiger partial charge in [-0.15, -0.1) is 0 Å². The molecule has 0 radical (unpaired) electrons. The molecule has 0 aliphatic rings. The predicted octanol–water partition coefficient (Wildman–Crippen LogP) is 4.92. The Morgan fingerprint density at radius 1 is 1.14 bits per heavy atom. The number of hydrogen-bond donors (Lipinski definition) is 1. The van der Waals surface area contributed by atoms with Crippen LogP contribution in [0.5, 0.6) is 0 Å². The van der Waals surface area contributed by atoms with E-state index in [9.17, 15) is 19.5 Å². The van der Waals surface area contributed by atoms with Gasteiger partial charge in [0.05, 0.1) is 15.6 Å². The molecule has 1 N–H and O–H groups in total. The van der Waals surface area contributed by atoms with E-state index in [0.717, 1.165) is 0 Å². The summed E-state index contributed by atoms with van der Waals surface area (Å²) in [5.41, 5.74) is -1.19. The van der Waals surface area contributed by atoms with Gasteiger partial charge in [0.1, 0.15) is 6.29 Å². The third kappa shape index (κ3) is 6.34. The maximum absolute atomic E-state index is 12.6. The summed E-state index contributed by atoms with van der Waals surface area (Å²) in [5.74, 6) is -0.426. The lowest BCUT2D eigenvalue weighted by Crippen LogP contribution is -2.58. The number of rotatable bonds is 8. The summed E-state index contributed by atoms with van der Waals surface area (Å²) in [4.78, 5) is 39.4. The van der Waals surface area contributed by atoms with Crippen molar-refractivity contribution in [1.29, 1.82) is 0 Å². The van der Waals surface area contributed by atoms with E-state index < -0.39 is 11.6 Å². The van der Waals surface area contributed by atoms with Gasteiger partial charge in [-0.1, -0.05) is 63.9 Å². The van der Waals surface area contributed by atoms with Crippen molar-refractivity contribution in [1.82, 2.24) is 9.80 Å². The molecule has 0 fully saturated rings. The molecule has 0 saturated heterocycles. The number of amides is 2. The molecule has 0 spiro atoms. The fraction of sp³-hybridized carbons (Fsp3) is 0.571. The van der Waals surface area contributed by atoms with Crippen LogP contribution in [0.3, 0.4) is 0 Å². The molecule has 2 amide bonds. The fourth-order valence-corrected chi connectivity index (χ4v) is 3.63. The summed E-state index contributed by atoms with van der Waals surface area (Å²) in [5, 5.41) is 10.7. The number of hydrogen-bond acceptors (Lipinski definition) is 3. The minimum Gasteiger partial charge on any atom is -0.465 e. The van der Waals surface area contributed by atoms with Crippen molar-refractivity contribution in [2.45, 2.75) is 46.6 Å². The highest BCUT2D eigenvalue weighted by molar-refractivity contribution is 6.42. The van der Waals surface area contributed by atoms with Crippen LogP contribution in [-0.4, -0.2) is 53.3 Å². The van der Waals surface area contributed by atoms with Gasteiger partial charge in [0.25, 0.3) is 0 Å². The van der Waals surface area contributed by atoms with Gasteiger partial charge in [-0.05, 0) is 23.1 Å². The van der Waals surface area contributed by atoms with Crippen LogP contribution in [-0.2, 0) is 15.1 Å². The second-order valence-electron chi connectivity index (χ2n) is 8.81. The van der Waals surface area contributed by atoms with Crippen molar-refractivity contribution in [3.63, 3.8) is 0 Å². The number of aldehydes is 1. The minimum atomic E-state index is -1.31. The average Bonchev–Trinajstić information content (AvgIpc) is 2.59. The van der Waals surface area contributed by atoms with Crippen molar-refractivity contribution < 1.29 is 19.5 Å².